The zero-order chi connectivity index (χ0) is 18.5. The van der Waals surface area contributed by atoms with E-state index in [1.54, 1.807) is 0 Å². The van der Waals surface area contributed by atoms with Gasteiger partial charge in [-0.2, -0.15) is 0 Å². The molecular formula is C21H17I2N3. The Bertz CT molecular complexity index is 917. The molecule has 0 saturated heterocycles. The lowest BCUT2D eigenvalue weighted by Crippen LogP contribution is -2.05. The molecule has 0 unspecified atom stereocenters. The highest BCUT2D eigenvalue weighted by Gasteiger charge is 2.06. The van der Waals surface area contributed by atoms with Gasteiger partial charge in [-0.05, 0) is 95.4 Å². The molecule has 0 aliphatic heterocycles. The van der Waals surface area contributed by atoms with Gasteiger partial charge < -0.3 is 0 Å². The first-order valence-corrected chi connectivity index (χ1v) is 10.3. The molecule has 3 rings (SSSR count). The normalized spacial score (nSPS) is 12.3. The molecule has 1 heterocycles. The molecular weight excluding hydrogens is 548 g/mol. The van der Waals surface area contributed by atoms with Crippen molar-refractivity contribution in [2.45, 2.75) is 13.8 Å². The summed E-state index contributed by atoms with van der Waals surface area (Å²) in [4.78, 5) is 14.2. The van der Waals surface area contributed by atoms with Crippen LogP contribution in [-0.2, 0) is 0 Å². The quantitative estimate of drug-likeness (QED) is 0.261. The smallest absolute Gasteiger partial charge is 0.0849 e. The van der Waals surface area contributed by atoms with E-state index in [1.165, 1.54) is 0 Å². The molecule has 0 bridgehead atoms. The Hall–Kier alpha value is -1.61. The molecule has 0 atom stereocenters. The van der Waals surface area contributed by atoms with Crippen LogP contribution in [0.1, 0.15) is 25.2 Å². The molecule has 0 N–H and O–H groups in total. The summed E-state index contributed by atoms with van der Waals surface area (Å²) in [5, 5.41) is 0. The third-order valence-corrected chi connectivity index (χ3v) is 5.60. The predicted molar refractivity (Wildman–Crippen MR) is 126 cm³/mol. The van der Waals surface area contributed by atoms with Crippen LogP contribution in [0.15, 0.2) is 76.7 Å². The molecule has 0 aliphatic carbocycles. The first kappa shape index (κ1) is 19.2. The molecule has 0 saturated carbocycles. The van der Waals surface area contributed by atoms with Gasteiger partial charge in [0.15, 0.2) is 0 Å². The fraction of sp³-hybridized carbons (Fsp3) is 0.0952. The molecule has 0 spiro atoms. The minimum absolute atomic E-state index is 0.861. The number of aromatic nitrogens is 1. The maximum Gasteiger partial charge on any atom is 0.0849 e. The van der Waals surface area contributed by atoms with Crippen molar-refractivity contribution in [1.82, 2.24) is 4.98 Å². The van der Waals surface area contributed by atoms with Crippen molar-refractivity contribution in [3.63, 3.8) is 0 Å². The Kier molecular flexibility index (Phi) is 6.53. The van der Waals surface area contributed by atoms with E-state index in [0.29, 0.717) is 0 Å². The fourth-order valence-electron chi connectivity index (χ4n) is 2.40. The number of nitrogens with zero attached hydrogens (tertiary/aromatic N) is 3. The number of benzene rings is 2. The third-order valence-electron chi connectivity index (χ3n) is 3.77. The van der Waals surface area contributed by atoms with E-state index < -0.39 is 0 Å². The molecule has 130 valence electrons. The molecule has 5 heteroatoms. The lowest BCUT2D eigenvalue weighted by Gasteiger charge is -2.06. The Morgan fingerprint density at radius 1 is 0.654 bits per heavy atom. The number of para-hydroxylation sites is 2. The molecule has 0 radical (unpaired) electrons. The van der Waals surface area contributed by atoms with Gasteiger partial charge in [-0.3, -0.25) is 9.98 Å². The summed E-state index contributed by atoms with van der Waals surface area (Å²) in [6.45, 7) is 3.98. The van der Waals surface area contributed by atoms with Crippen LogP contribution < -0.4 is 0 Å². The molecule has 0 amide bonds. The number of hydrogen-bond donors (Lipinski definition) is 0. The number of rotatable bonds is 4. The highest BCUT2D eigenvalue weighted by atomic mass is 127. The second-order valence-electron chi connectivity index (χ2n) is 5.71. The molecule has 3 aromatic rings. The van der Waals surface area contributed by atoms with Gasteiger partial charge >= 0.3 is 0 Å². The minimum atomic E-state index is 0.861. The van der Waals surface area contributed by atoms with Crippen LogP contribution in [0.2, 0.25) is 0 Å². The Morgan fingerprint density at radius 2 is 1.08 bits per heavy atom. The van der Waals surface area contributed by atoms with Gasteiger partial charge in [-0.15, -0.1) is 0 Å². The Labute approximate surface area is 181 Å². The van der Waals surface area contributed by atoms with E-state index in [4.69, 9.17) is 15.0 Å². The average Bonchev–Trinajstić information content (AvgIpc) is 2.65. The van der Waals surface area contributed by atoms with Crippen molar-refractivity contribution in [3.8, 4) is 0 Å². The monoisotopic (exact) mass is 565 g/mol. The highest BCUT2D eigenvalue weighted by molar-refractivity contribution is 14.1. The summed E-state index contributed by atoms with van der Waals surface area (Å²) in [5.41, 5.74) is 5.42. The lowest BCUT2D eigenvalue weighted by atomic mass is 10.2. The molecule has 0 aliphatic rings. The maximum atomic E-state index is 4.76. The van der Waals surface area contributed by atoms with Crippen molar-refractivity contribution in [1.29, 1.82) is 0 Å². The van der Waals surface area contributed by atoms with Gasteiger partial charge in [-0.25, -0.2) is 4.98 Å². The van der Waals surface area contributed by atoms with Crippen LogP contribution in [0.5, 0.6) is 0 Å². The van der Waals surface area contributed by atoms with Crippen molar-refractivity contribution >= 4 is 68.0 Å². The maximum absolute atomic E-state index is 4.76. The fourth-order valence-corrected chi connectivity index (χ4v) is 3.41. The van der Waals surface area contributed by atoms with Crippen LogP contribution >= 0.6 is 45.2 Å². The topological polar surface area (TPSA) is 37.6 Å². The van der Waals surface area contributed by atoms with Crippen LogP contribution in [0, 0.1) is 7.14 Å². The summed E-state index contributed by atoms with van der Waals surface area (Å²) in [7, 11) is 0. The van der Waals surface area contributed by atoms with Crippen LogP contribution in [-0.4, -0.2) is 16.4 Å². The van der Waals surface area contributed by atoms with E-state index in [1.807, 2.05) is 68.4 Å². The molecule has 3 nitrogen and oxygen atoms in total. The zero-order valence-electron chi connectivity index (χ0n) is 14.4. The first-order valence-electron chi connectivity index (χ1n) is 8.12. The predicted octanol–water partition coefficient (Wildman–Crippen LogP) is 6.57. The van der Waals surface area contributed by atoms with Crippen molar-refractivity contribution < 1.29 is 0 Å². The SMILES string of the molecule is CC(=Nc1ccccc1I)c1cccc(C(C)=Nc2ccccc2I)n1. The Morgan fingerprint density at radius 3 is 1.50 bits per heavy atom. The van der Waals surface area contributed by atoms with Gasteiger partial charge in [-0.1, -0.05) is 30.3 Å². The summed E-state index contributed by atoms with van der Waals surface area (Å²) >= 11 is 4.60. The van der Waals surface area contributed by atoms with E-state index in [2.05, 4.69) is 57.3 Å². The van der Waals surface area contributed by atoms with E-state index in [-0.39, 0.29) is 0 Å². The standard InChI is InChI=1S/C21H17I2N3/c1-14(24-20-10-5-3-8-16(20)22)18-12-7-13-19(26-18)15(2)25-21-11-6-4-9-17(21)23/h3-13H,1-2H3. The number of halogens is 2. The number of hydrogen-bond acceptors (Lipinski definition) is 3. The molecule has 1 aromatic heterocycles. The van der Waals surface area contributed by atoms with Crippen molar-refractivity contribution in [2.75, 3.05) is 0 Å². The van der Waals surface area contributed by atoms with Crippen molar-refractivity contribution in [2.24, 2.45) is 9.98 Å². The molecule has 2 aromatic carbocycles. The highest BCUT2D eigenvalue weighted by Crippen LogP contribution is 2.23. The minimum Gasteiger partial charge on any atom is -0.250 e. The first-order chi connectivity index (χ1) is 12.5. The lowest BCUT2D eigenvalue weighted by molar-refractivity contribution is 1.24. The van der Waals surface area contributed by atoms with Gasteiger partial charge in [0.05, 0.1) is 34.2 Å². The Balaban J connectivity index is 1.93. The van der Waals surface area contributed by atoms with Gasteiger partial charge in [0.25, 0.3) is 0 Å². The number of aliphatic imine (C=N–C) groups is 2. The molecule has 0 fully saturated rings. The van der Waals surface area contributed by atoms with Gasteiger partial charge in [0.1, 0.15) is 0 Å². The second kappa shape index (κ2) is 8.85. The summed E-state index contributed by atoms with van der Waals surface area (Å²) in [5.74, 6) is 0. The zero-order valence-corrected chi connectivity index (χ0v) is 18.8. The van der Waals surface area contributed by atoms with Crippen molar-refractivity contribution in [3.05, 3.63) is 85.3 Å². The largest absolute Gasteiger partial charge is 0.250 e. The summed E-state index contributed by atoms with van der Waals surface area (Å²) < 4.78 is 2.24. The third kappa shape index (κ3) is 4.76. The van der Waals surface area contributed by atoms with Crippen LogP contribution in [0.25, 0.3) is 0 Å². The van der Waals surface area contributed by atoms with Crippen LogP contribution in [0.4, 0.5) is 11.4 Å². The molecule has 26 heavy (non-hydrogen) atoms. The van der Waals surface area contributed by atoms with Crippen LogP contribution in [0.3, 0.4) is 0 Å². The van der Waals surface area contributed by atoms with Gasteiger partial charge in [0, 0.05) is 7.14 Å². The number of pyridine rings is 1. The van der Waals surface area contributed by atoms with Gasteiger partial charge in [0.2, 0.25) is 0 Å². The summed E-state index contributed by atoms with van der Waals surface area (Å²) in [6.07, 6.45) is 0. The van der Waals surface area contributed by atoms with E-state index in [9.17, 15) is 0 Å². The average molecular weight is 565 g/mol. The second-order valence-corrected chi connectivity index (χ2v) is 8.03. The summed E-state index contributed by atoms with van der Waals surface area (Å²) in [6, 6.07) is 22.1. The van der Waals surface area contributed by atoms with E-state index >= 15 is 0 Å². The van der Waals surface area contributed by atoms with E-state index in [0.717, 1.165) is 41.3 Å².